The van der Waals surface area contributed by atoms with Gasteiger partial charge in [0.15, 0.2) is 11.5 Å². The van der Waals surface area contributed by atoms with E-state index in [0.29, 0.717) is 0 Å². The van der Waals surface area contributed by atoms with Gasteiger partial charge in [0.05, 0.1) is 7.11 Å². The summed E-state index contributed by atoms with van der Waals surface area (Å²) in [7, 11) is 2.59. The highest BCUT2D eigenvalue weighted by Crippen LogP contribution is 2.30. The predicted molar refractivity (Wildman–Crippen MR) is 73.4 cm³/mol. The average molecular weight is 317 g/mol. The van der Waals surface area contributed by atoms with Gasteiger partial charge in [0.1, 0.15) is 5.54 Å². The molecule has 0 saturated heterocycles. The van der Waals surface area contributed by atoms with E-state index in [-0.39, 0.29) is 17.1 Å². The van der Waals surface area contributed by atoms with Crippen LogP contribution in [0.15, 0.2) is 18.2 Å². The molecule has 1 amide bonds. The van der Waals surface area contributed by atoms with Crippen LogP contribution in [-0.4, -0.2) is 48.2 Å². The van der Waals surface area contributed by atoms with Crippen LogP contribution in [0.25, 0.3) is 0 Å². The Morgan fingerprint density at radius 1 is 1.27 bits per heavy atom. The zero-order chi connectivity index (χ0) is 17.1. The van der Waals surface area contributed by atoms with Crippen molar-refractivity contribution in [1.82, 2.24) is 4.90 Å². The van der Waals surface area contributed by atoms with Gasteiger partial charge in [0.2, 0.25) is 0 Å². The standard InChI is InChI=1S/C14H17F2NO5/c1-14(2,12(19)20)17(3)11(18)8-5-6-9(21-4)10(7-8)22-13(15)16/h5-7,13H,1-4H3,(H,19,20). The van der Waals surface area contributed by atoms with E-state index in [4.69, 9.17) is 9.84 Å². The number of carbonyl (C=O) groups excluding carboxylic acids is 1. The fraction of sp³-hybridized carbons (Fsp3) is 0.429. The Labute approximate surface area is 126 Å². The smallest absolute Gasteiger partial charge is 0.387 e. The number of carboxylic acid groups (broad SMARTS) is 1. The van der Waals surface area contributed by atoms with Crippen molar-refractivity contribution < 1.29 is 33.0 Å². The normalized spacial score (nSPS) is 11.2. The fourth-order valence-corrected chi connectivity index (χ4v) is 1.59. The number of carboxylic acids is 1. The highest BCUT2D eigenvalue weighted by atomic mass is 19.3. The van der Waals surface area contributed by atoms with E-state index >= 15 is 0 Å². The number of hydrogen-bond donors (Lipinski definition) is 1. The second-order valence-corrected chi connectivity index (χ2v) is 4.97. The topological polar surface area (TPSA) is 76.1 Å². The molecule has 0 aliphatic rings. The third-order valence-corrected chi connectivity index (χ3v) is 3.29. The monoisotopic (exact) mass is 317 g/mol. The van der Waals surface area contributed by atoms with Gasteiger partial charge in [-0.05, 0) is 32.0 Å². The van der Waals surface area contributed by atoms with E-state index < -0.39 is 24.0 Å². The van der Waals surface area contributed by atoms with Crippen LogP contribution in [0.3, 0.4) is 0 Å². The maximum absolute atomic E-state index is 12.4. The van der Waals surface area contributed by atoms with E-state index in [1.807, 2.05) is 0 Å². The van der Waals surface area contributed by atoms with Crippen molar-refractivity contribution in [2.24, 2.45) is 0 Å². The number of benzene rings is 1. The number of likely N-dealkylation sites (N-methyl/N-ethyl adjacent to an activating group) is 1. The SMILES string of the molecule is COc1ccc(C(=O)N(C)C(C)(C)C(=O)O)cc1OC(F)F. The molecule has 122 valence electrons. The van der Waals surface area contributed by atoms with Crippen molar-refractivity contribution in [3.05, 3.63) is 23.8 Å². The molecule has 22 heavy (non-hydrogen) atoms. The number of aliphatic carboxylic acids is 1. The maximum atomic E-state index is 12.4. The van der Waals surface area contributed by atoms with Crippen LogP contribution in [0.1, 0.15) is 24.2 Å². The zero-order valence-electron chi connectivity index (χ0n) is 12.6. The summed E-state index contributed by atoms with van der Waals surface area (Å²) in [4.78, 5) is 24.5. The molecule has 1 N–H and O–H groups in total. The number of carbonyl (C=O) groups is 2. The molecule has 0 fully saturated rings. The summed E-state index contributed by atoms with van der Waals surface area (Å²) >= 11 is 0. The molecule has 8 heteroatoms. The van der Waals surface area contributed by atoms with Crippen LogP contribution in [0.4, 0.5) is 8.78 Å². The van der Waals surface area contributed by atoms with Gasteiger partial charge < -0.3 is 19.5 Å². The third-order valence-electron chi connectivity index (χ3n) is 3.29. The molecule has 0 heterocycles. The van der Waals surface area contributed by atoms with Gasteiger partial charge >= 0.3 is 12.6 Å². The molecule has 0 aromatic heterocycles. The number of halogens is 2. The Morgan fingerprint density at radius 2 is 1.86 bits per heavy atom. The molecule has 0 saturated carbocycles. The van der Waals surface area contributed by atoms with Crippen molar-refractivity contribution in [3.63, 3.8) is 0 Å². The molecule has 6 nitrogen and oxygen atoms in total. The van der Waals surface area contributed by atoms with Crippen LogP contribution in [0, 0.1) is 0 Å². The molecule has 0 atom stereocenters. The minimum atomic E-state index is -3.08. The van der Waals surface area contributed by atoms with Crippen molar-refractivity contribution in [1.29, 1.82) is 0 Å². The summed E-state index contributed by atoms with van der Waals surface area (Å²) in [5, 5.41) is 9.13. The summed E-state index contributed by atoms with van der Waals surface area (Å²) in [6.45, 7) is -0.367. The molecule has 1 aromatic carbocycles. The molecular formula is C14H17F2NO5. The Kier molecular flexibility index (Phi) is 5.29. The van der Waals surface area contributed by atoms with Crippen LogP contribution < -0.4 is 9.47 Å². The van der Waals surface area contributed by atoms with Crippen LogP contribution in [-0.2, 0) is 4.79 Å². The Bertz CT molecular complexity index is 574. The lowest BCUT2D eigenvalue weighted by Crippen LogP contribution is -2.50. The number of methoxy groups -OCH3 is 1. The first-order valence-electron chi connectivity index (χ1n) is 6.25. The van der Waals surface area contributed by atoms with Gasteiger partial charge in [-0.15, -0.1) is 0 Å². The minimum Gasteiger partial charge on any atom is -0.493 e. The molecule has 0 bridgehead atoms. The molecule has 0 aliphatic carbocycles. The number of hydrogen-bond acceptors (Lipinski definition) is 4. The lowest BCUT2D eigenvalue weighted by molar-refractivity contribution is -0.147. The van der Waals surface area contributed by atoms with Gasteiger partial charge in [0, 0.05) is 12.6 Å². The molecule has 0 aliphatic heterocycles. The summed E-state index contributed by atoms with van der Waals surface area (Å²) in [6, 6.07) is 3.72. The predicted octanol–water partition coefficient (Wildman–Crippen LogP) is 2.23. The summed E-state index contributed by atoms with van der Waals surface area (Å²) in [5.41, 5.74) is -1.45. The van der Waals surface area contributed by atoms with E-state index in [0.717, 1.165) is 11.0 Å². The van der Waals surface area contributed by atoms with Crippen molar-refractivity contribution >= 4 is 11.9 Å². The Balaban J connectivity index is 3.16. The number of nitrogens with zero attached hydrogens (tertiary/aromatic N) is 1. The number of ether oxygens (including phenoxy) is 2. The molecule has 0 spiro atoms. The quantitative estimate of drug-likeness (QED) is 0.871. The Hall–Kier alpha value is -2.38. The number of alkyl halides is 2. The summed E-state index contributed by atoms with van der Waals surface area (Å²) < 4.78 is 33.9. The van der Waals surface area contributed by atoms with Gasteiger partial charge in [-0.1, -0.05) is 0 Å². The van der Waals surface area contributed by atoms with E-state index in [1.54, 1.807) is 0 Å². The van der Waals surface area contributed by atoms with Crippen molar-refractivity contribution in [3.8, 4) is 11.5 Å². The minimum absolute atomic E-state index is 0.00766. The highest BCUT2D eigenvalue weighted by molar-refractivity contribution is 5.98. The average Bonchev–Trinajstić information content (AvgIpc) is 2.44. The number of rotatable bonds is 6. The summed E-state index contributed by atoms with van der Waals surface area (Å²) in [5.74, 6) is -2.10. The van der Waals surface area contributed by atoms with Gasteiger partial charge in [-0.2, -0.15) is 8.78 Å². The van der Waals surface area contributed by atoms with E-state index in [1.165, 1.54) is 40.1 Å². The fourth-order valence-electron chi connectivity index (χ4n) is 1.59. The first-order valence-corrected chi connectivity index (χ1v) is 6.25. The molecule has 0 radical (unpaired) electrons. The second kappa shape index (κ2) is 6.59. The van der Waals surface area contributed by atoms with Gasteiger partial charge in [-0.25, -0.2) is 4.79 Å². The number of amides is 1. The summed E-state index contributed by atoms with van der Waals surface area (Å²) in [6.07, 6.45) is 0. The lowest BCUT2D eigenvalue weighted by Gasteiger charge is -2.31. The van der Waals surface area contributed by atoms with E-state index in [9.17, 15) is 18.4 Å². The van der Waals surface area contributed by atoms with Gasteiger partial charge in [-0.3, -0.25) is 4.79 Å². The second-order valence-electron chi connectivity index (χ2n) is 4.97. The molecule has 0 unspecified atom stereocenters. The first-order chi connectivity index (χ1) is 10.1. The van der Waals surface area contributed by atoms with Crippen molar-refractivity contribution in [2.75, 3.05) is 14.2 Å². The van der Waals surface area contributed by atoms with E-state index in [2.05, 4.69) is 4.74 Å². The molecular weight excluding hydrogens is 300 g/mol. The Morgan fingerprint density at radius 3 is 2.32 bits per heavy atom. The third kappa shape index (κ3) is 3.63. The first kappa shape index (κ1) is 17.7. The van der Waals surface area contributed by atoms with Crippen LogP contribution in [0.5, 0.6) is 11.5 Å². The van der Waals surface area contributed by atoms with Gasteiger partial charge in [0.25, 0.3) is 5.91 Å². The molecule has 1 rings (SSSR count). The van der Waals surface area contributed by atoms with Crippen LogP contribution >= 0.6 is 0 Å². The highest BCUT2D eigenvalue weighted by Gasteiger charge is 2.35. The maximum Gasteiger partial charge on any atom is 0.387 e. The largest absolute Gasteiger partial charge is 0.493 e. The molecule has 1 aromatic rings. The lowest BCUT2D eigenvalue weighted by atomic mass is 10.0. The zero-order valence-corrected chi connectivity index (χ0v) is 12.6. The van der Waals surface area contributed by atoms with Crippen molar-refractivity contribution in [2.45, 2.75) is 26.0 Å². The van der Waals surface area contributed by atoms with Crippen LogP contribution in [0.2, 0.25) is 0 Å².